The van der Waals surface area contributed by atoms with Crippen LogP contribution in [-0.2, 0) is 0 Å². The number of rotatable bonds is 3. The molecule has 5 heteroatoms. The Bertz CT molecular complexity index is 488. The lowest BCUT2D eigenvalue weighted by molar-refractivity contribution is 0.0940. The Morgan fingerprint density at radius 2 is 2.24 bits per heavy atom. The Labute approximate surface area is 99.9 Å². The molecule has 1 aliphatic rings. The molecule has 1 aromatic rings. The van der Waals surface area contributed by atoms with Crippen LogP contribution in [-0.4, -0.2) is 22.1 Å². The van der Waals surface area contributed by atoms with E-state index < -0.39 is 0 Å². The first-order chi connectivity index (χ1) is 8.11. The van der Waals surface area contributed by atoms with Crippen molar-refractivity contribution in [2.45, 2.75) is 32.7 Å². The molecule has 5 nitrogen and oxygen atoms in total. The SMILES string of the molecule is Cc1cc(C(=O)NC(C#N)C2CC2)c(C)nn1. The molecule has 2 rings (SSSR count). The van der Waals surface area contributed by atoms with Gasteiger partial charge in [0.2, 0.25) is 0 Å². The lowest BCUT2D eigenvalue weighted by Gasteiger charge is -2.11. The van der Waals surface area contributed by atoms with E-state index in [0.29, 0.717) is 22.9 Å². The van der Waals surface area contributed by atoms with Gasteiger partial charge in [-0.05, 0) is 38.7 Å². The highest BCUT2D eigenvalue weighted by Gasteiger charge is 2.32. The van der Waals surface area contributed by atoms with Crippen LogP contribution in [0.2, 0.25) is 0 Å². The van der Waals surface area contributed by atoms with Gasteiger partial charge in [-0.1, -0.05) is 0 Å². The molecule has 0 aromatic carbocycles. The molecule has 1 saturated carbocycles. The Morgan fingerprint density at radius 3 is 2.82 bits per heavy atom. The van der Waals surface area contributed by atoms with Gasteiger partial charge in [-0.2, -0.15) is 15.5 Å². The number of amides is 1. The summed E-state index contributed by atoms with van der Waals surface area (Å²) in [4.78, 5) is 12.0. The van der Waals surface area contributed by atoms with E-state index in [1.807, 2.05) is 0 Å². The number of hydrogen-bond donors (Lipinski definition) is 1. The maximum atomic E-state index is 12.0. The molecular formula is C12H14N4O. The predicted molar refractivity (Wildman–Crippen MR) is 61.1 cm³/mol. The summed E-state index contributed by atoms with van der Waals surface area (Å²) in [5.74, 6) is 0.0825. The molecule has 17 heavy (non-hydrogen) atoms. The van der Waals surface area contributed by atoms with Crippen molar-refractivity contribution in [2.24, 2.45) is 5.92 Å². The fourth-order valence-electron chi connectivity index (χ4n) is 1.68. The molecule has 1 heterocycles. The van der Waals surface area contributed by atoms with E-state index >= 15 is 0 Å². The van der Waals surface area contributed by atoms with Gasteiger partial charge >= 0.3 is 0 Å². The quantitative estimate of drug-likeness (QED) is 0.844. The number of carbonyl (C=O) groups is 1. The molecule has 1 aliphatic carbocycles. The van der Waals surface area contributed by atoms with Gasteiger partial charge in [-0.3, -0.25) is 4.79 Å². The molecule has 1 aromatic heterocycles. The molecular weight excluding hydrogens is 216 g/mol. The molecule has 0 radical (unpaired) electrons. The van der Waals surface area contributed by atoms with Crippen molar-refractivity contribution < 1.29 is 4.79 Å². The largest absolute Gasteiger partial charge is 0.336 e. The third kappa shape index (κ3) is 2.59. The number of nitriles is 1. The molecule has 0 saturated heterocycles. The molecule has 1 amide bonds. The van der Waals surface area contributed by atoms with Crippen molar-refractivity contribution in [3.63, 3.8) is 0 Å². The van der Waals surface area contributed by atoms with E-state index in [1.54, 1.807) is 19.9 Å². The maximum Gasteiger partial charge on any atom is 0.254 e. The van der Waals surface area contributed by atoms with Gasteiger partial charge in [0.25, 0.3) is 5.91 Å². The summed E-state index contributed by atoms with van der Waals surface area (Å²) in [5, 5.41) is 19.5. The number of nitrogens with zero attached hydrogens (tertiary/aromatic N) is 3. The average Bonchev–Trinajstić information content (AvgIpc) is 3.13. The number of nitrogens with one attached hydrogen (secondary N) is 1. The van der Waals surface area contributed by atoms with E-state index in [9.17, 15) is 4.79 Å². The monoisotopic (exact) mass is 230 g/mol. The zero-order chi connectivity index (χ0) is 12.4. The molecule has 1 fully saturated rings. The summed E-state index contributed by atoms with van der Waals surface area (Å²) < 4.78 is 0. The minimum atomic E-state index is -0.379. The first kappa shape index (κ1) is 11.5. The van der Waals surface area contributed by atoms with Crippen LogP contribution in [0, 0.1) is 31.1 Å². The summed E-state index contributed by atoms with van der Waals surface area (Å²) in [6, 6.07) is 3.44. The van der Waals surface area contributed by atoms with Crippen molar-refractivity contribution in [2.75, 3.05) is 0 Å². The standard InChI is InChI=1S/C12H14N4O/c1-7-5-10(8(2)16-15-7)12(17)14-11(6-13)9-3-4-9/h5,9,11H,3-4H2,1-2H3,(H,14,17). The van der Waals surface area contributed by atoms with Crippen LogP contribution < -0.4 is 5.32 Å². The van der Waals surface area contributed by atoms with Gasteiger partial charge in [-0.15, -0.1) is 0 Å². The van der Waals surface area contributed by atoms with Gasteiger partial charge in [0.1, 0.15) is 6.04 Å². The molecule has 1 unspecified atom stereocenters. The second kappa shape index (κ2) is 4.50. The summed E-state index contributed by atoms with van der Waals surface area (Å²) >= 11 is 0. The first-order valence-corrected chi connectivity index (χ1v) is 5.63. The van der Waals surface area contributed by atoms with Gasteiger partial charge < -0.3 is 5.32 Å². The van der Waals surface area contributed by atoms with E-state index in [0.717, 1.165) is 12.8 Å². The topological polar surface area (TPSA) is 78.7 Å². The first-order valence-electron chi connectivity index (χ1n) is 5.63. The van der Waals surface area contributed by atoms with Crippen molar-refractivity contribution in [3.05, 3.63) is 23.0 Å². The van der Waals surface area contributed by atoms with Crippen LogP contribution >= 0.6 is 0 Å². The van der Waals surface area contributed by atoms with E-state index in [1.165, 1.54) is 0 Å². The number of carbonyl (C=O) groups excluding carboxylic acids is 1. The fourth-order valence-corrected chi connectivity index (χ4v) is 1.68. The van der Waals surface area contributed by atoms with Crippen LogP contribution in [0.4, 0.5) is 0 Å². The highest BCUT2D eigenvalue weighted by atomic mass is 16.1. The normalized spacial score (nSPS) is 16.1. The fraction of sp³-hybridized carbons (Fsp3) is 0.500. The second-order valence-corrected chi connectivity index (χ2v) is 4.40. The smallest absolute Gasteiger partial charge is 0.254 e. The predicted octanol–water partition coefficient (Wildman–Crippen LogP) is 1.13. The van der Waals surface area contributed by atoms with Gasteiger partial charge in [0.05, 0.1) is 23.0 Å². The van der Waals surface area contributed by atoms with E-state index in [4.69, 9.17) is 5.26 Å². The maximum absolute atomic E-state index is 12.0. The Balaban J connectivity index is 2.13. The molecule has 88 valence electrons. The van der Waals surface area contributed by atoms with Gasteiger partial charge in [0, 0.05) is 0 Å². The van der Waals surface area contributed by atoms with Crippen LogP contribution in [0.15, 0.2) is 6.07 Å². The summed E-state index contributed by atoms with van der Waals surface area (Å²) in [5.41, 5.74) is 1.78. The summed E-state index contributed by atoms with van der Waals surface area (Å²) in [6.45, 7) is 3.52. The molecule has 1 N–H and O–H groups in total. The lowest BCUT2D eigenvalue weighted by Crippen LogP contribution is -2.35. The van der Waals surface area contributed by atoms with E-state index in [2.05, 4.69) is 21.6 Å². The van der Waals surface area contributed by atoms with E-state index in [-0.39, 0.29) is 11.9 Å². The van der Waals surface area contributed by atoms with Crippen molar-refractivity contribution in [1.29, 1.82) is 5.26 Å². The second-order valence-electron chi connectivity index (χ2n) is 4.40. The Hall–Kier alpha value is -1.96. The number of aromatic nitrogens is 2. The number of aryl methyl sites for hydroxylation is 2. The van der Waals surface area contributed by atoms with Gasteiger partial charge in [0.15, 0.2) is 0 Å². The molecule has 0 bridgehead atoms. The third-order valence-electron chi connectivity index (χ3n) is 2.86. The van der Waals surface area contributed by atoms with Crippen molar-refractivity contribution in [1.82, 2.24) is 15.5 Å². The number of hydrogen-bond acceptors (Lipinski definition) is 4. The zero-order valence-electron chi connectivity index (χ0n) is 9.90. The zero-order valence-corrected chi connectivity index (χ0v) is 9.90. The average molecular weight is 230 g/mol. The minimum absolute atomic E-state index is 0.237. The van der Waals surface area contributed by atoms with Crippen molar-refractivity contribution >= 4 is 5.91 Å². The van der Waals surface area contributed by atoms with Crippen LogP contribution in [0.1, 0.15) is 34.6 Å². The molecule has 0 aliphatic heterocycles. The van der Waals surface area contributed by atoms with Crippen LogP contribution in [0.3, 0.4) is 0 Å². The third-order valence-corrected chi connectivity index (χ3v) is 2.86. The van der Waals surface area contributed by atoms with Crippen LogP contribution in [0.25, 0.3) is 0 Å². The van der Waals surface area contributed by atoms with Crippen molar-refractivity contribution in [3.8, 4) is 6.07 Å². The van der Waals surface area contributed by atoms with Gasteiger partial charge in [-0.25, -0.2) is 0 Å². The Morgan fingerprint density at radius 1 is 1.53 bits per heavy atom. The highest BCUT2D eigenvalue weighted by Crippen LogP contribution is 2.32. The minimum Gasteiger partial charge on any atom is -0.336 e. The lowest BCUT2D eigenvalue weighted by atomic mass is 10.1. The highest BCUT2D eigenvalue weighted by molar-refractivity contribution is 5.95. The molecule has 1 atom stereocenters. The summed E-state index contributed by atoms with van der Waals surface area (Å²) in [6.07, 6.45) is 2.04. The summed E-state index contributed by atoms with van der Waals surface area (Å²) in [7, 11) is 0. The Kier molecular flexibility index (Phi) is 3.05. The molecule has 0 spiro atoms. The van der Waals surface area contributed by atoms with Crippen LogP contribution in [0.5, 0.6) is 0 Å².